The van der Waals surface area contributed by atoms with Gasteiger partial charge in [-0.3, -0.25) is 9.89 Å². The standard InChI is InChI=1S/C16H12Cl2N4O2/c1-9-2-5-15(24-9)13-7-14(21-20-13)16(23)22-19-8-10-3-4-11(17)6-12(10)18/h2-8H,1H3,(H,20,21)(H,22,23). The summed E-state index contributed by atoms with van der Waals surface area (Å²) in [6.45, 7) is 1.84. The minimum atomic E-state index is -0.456. The summed E-state index contributed by atoms with van der Waals surface area (Å²) in [6.07, 6.45) is 1.43. The number of hydrogen-bond donors (Lipinski definition) is 2. The molecular weight excluding hydrogens is 351 g/mol. The Labute approximate surface area is 147 Å². The number of carbonyl (C=O) groups is 1. The van der Waals surface area contributed by atoms with E-state index in [1.54, 1.807) is 30.3 Å². The van der Waals surface area contributed by atoms with Crippen LogP contribution in [0.2, 0.25) is 10.0 Å². The normalized spacial score (nSPS) is 11.1. The smallest absolute Gasteiger partial charge is 0.291 e. The first kappa shape index (κ1) is 16.3. The van der Waals surface area contributed by atoms with Crippen molar-refractivity contribution >= 4 is 35.3 Å². The van der Waals surface area contributed by atoms with Gasteiger partial charge in [-0.15, -0.1) is 0 Å². The number of hydrogen-bond acceptors (Lipinski definition) is 4. The molecule has 0 bridgehead atoms. The molecule has 2 aromatic heterocycles. The van der Waals surface area contributed by atoms with Crippen LogP contribution in [0.5, 0.6) is 0 Å². The molecule has 0 atom stereocenters. The van der Waals surface area contributed by atoms with Crippen molar-refractivity contribution in [2.45, 2.75) is 6.92 Å². The molecule has 2 heterocycles. The van der Waals surface area contributed by atoms with Crippen molar-refractivity contribution < 1.29 is 9.21 Å². The first-order chi connectivity index (χ1) is 11.5. The molecule has 8 heteroatoms. The quantitative estimate of drug-likeness (QED) is 0.542. The fourth-order valence-corrected chi connectivity index (χ4v) is 2.42. The number of benzene rings is 1. The number of nitrogens with one attached hydrogen (secondary N) is 2. The van der Waals surface area contributed by atoms with Crippen LogP contribution in [0.1, 0.15) is 21.8 Å². The van der Waals surface area contributed by atoms with Gasteiger partial charge in [0.05, 0.1) is 11.2 Å². The number of rotatable bonds is 4. The third-order valence-electron chi connectivity index (χ3n) is 3.15. The fourth-order valence-electron chi connectivity index (χ4n) is 1.97. The average Bonchev–Trinajstić information content (AvgIpc) is 3.18. The molecule has 24 heavy (non-hydrogen) atoms. The van der Waals surface area contributed by atoms with Crippen molar-refractivity contribution in [1.29, 1.82) is 0 Å². The Morgan fingerprint density at radius 2 is 2.12 bits per heavy atom. The van der Waals surface area contributed by atoms with E-state index in [1.807, 2.05) is 13.0 Å². The lowest BCUT2D eigenvalue weighted by Crippen LogP contribution is -2.18. The second-order valence-electron chi connectivity index (χ2n) is 4.94. The van der Waals surface area contributed by atoms with Crippen LogP contribution in [-0.2, 0) is 0 Å². The highest BCUT2D eigenvalue weighted by molar-refractivity contribution is 6.36. The van der Waals surface area contributed by atoms with E-state index in [-0.39, 0.29) is 5.69 Å². The Balaban J connectivity index is 1.67. The van der Waals surface area contributed by atoms with Gasteiger partial charge in [0.2, 0.25) is 0 Å². The minimum Gasteiger partial charge on any atom is -0.460 e. The van der Waals surface area contributed by atoms with E-state index in [2.05, 4.69) is 20.7 Å². The lowest BCUT2D eigenvalue weighted by atomic mass is 10.2. The monoisotopic (exact) mass is 362 g/mol. The Kier molecular flexibility index (Phi) is 4.69. The summed E-state index contributed by atoms with van der Waals surface area (Å²) in [6, 6.07) is 10.2. The molecule has 0 aliphatic carbocycles. The van der Waals surface area contributed by atoms with Crippen LogP contribution in [0.15, 0.2) is 45.9 Å². The summed E-state index contributed by atoms with van der Waals surface area (Å²) >= 11 is 11.8. The van der Waals surface area contributed by atoms with E-state index < -0.39 is 5.91 Å². The van der Waals surface area contributed by atoms with Gasteiger partial charge in [-0.25, -0.2) is 5.43 Å². The molecule has 1 aromatic carbocycles. The molecule has 0 saturated heterocycles. The van der Waals surface area contributed by atoms with Gasteiger partial charge in [-0.2, -0.15) is 10.2 Å². The van der Waals surface area contributed by atoms with Crippen LogP contribution in [-0.4, -0.2) is 22.3 Å². The molecule has 3 rings (SSSR count). The number of aryl methyl sites for hydroxylation is 1. The first-order valence-electron chi connectivity index (χ1n) is 6.93. The minimum absolute atomic E-state index is 0.193. The molecule has 0 radical (unpaired) electrons. The van der Waals surface area contributed by atoms with E-state index in [1.165, 1.54) is 6.21 Å². The van der Waals surface area contributed by atoms with E-state index in [4.69, 9.17) is 27.6 Å². The zero-order valence-corrected chi connectivity index (χ0v) is 14.0. The van der Waals surface area contributed by atoms with Gasteiger partial charge >= 0.3 is 0 Å². The van der Waals surface area contributed by atoms with Gasteiger partial charge in [0.1, 0.15) is 11.5 Å². The average molecular weight is 363 g/mol. The number of nitrogens with zero attached hydrogens (tertiary/aromatic N) is 2. The summed E-state index contributed by atoms with van der Waals surface area (Å²) < 4.78 is 5.47. The van der Waals surface area contributed by atoms with Gasteiger partial charge in [0, 0.05) is 16.7 Å². The SMILES string of the molecule is Cc1ccc(-c2cc(C(=O)NN=Cc3ccc(Cl)cc3Cl)n[nH]2)o1. The van der Waals surface area contributed by atoms with Crippen LogP contribution in [0.4, 0.5) is 0 Å². The van der Waals surface area contributed by atoms with Gasteiger partial charge in [0.25, 0.3) is 5.91 Å². The molecule has 3 aromatic rings. The highest BCUT2D eigenvalue weighted by Crippen LogP contribution is 2.21. The Morgan fingerprint density at radius 3 is 2.83 bits per heavy atom. The molecule has 6 nitrogen and oxygen atoms in total. The zero-order valence-electron chi connectivity index (χ0n) is 12.5. The predicted molar refractivity (Wildman–Crippen MR) is 92.5 cm³/mol. The van der Waals surface area contributed by atoms with Gasteiger partial charge in [0.15, 0.2) is 11.5 Å². The van der Waals surface area contributed by atoms with Crippen molar-refractivity contribution in [3.8, 4) is 11.5 Å². The van der Waals surface area contributed by atoms with Crippen LogP contribution < -0.4 is 5.43 Å². The second-order valence-corrected chi connectivity index (χ2v) is 5.79. The number of H-pyrrole nitrogens is 1. The summed E-state index contributed by atoms with van der Waals surface area (Å²) in [5.74, 6) is 0.924. The summed E-state index contributed by atoms with van der Waals surface area (Å²) in [5.41, 5.74) is 3.82. The van der Waals surface area contributed by atoms with E-state index in [0.717, 1.165) is 5.76 Å². The maximum atomic E-state index is 12.0. The van der Waals surface area contributed by atoms with Crippen LogP contribution in [0.25, 0.3) is 11.5 Å². The summed E-state index contributed by atoms with van der Waals surface area (Å²) in [4.78, 5) is 12.0. The van der Waals surface area contributed by atoms with E-state index >= 15 is 0 Å². The molecule has 2 N–H and O–H groups in total. The number of carbonyl (C=O) groups excluding carboxylic acids is 1. The first-order valence-corrected chi connectivity index (χ1v) is 7.69. The number of halogens is 2. The Hall–Kier alpha value is -2.57. The second kappa shape index (κ2) is 6.90. The molecule has 122 valence electrons. The molecule has 1 amide bonds. The van der Waals surface area contributed by atoms with Crippen LogP contribution in [0.3, 0.4) is 0 Å². The summed E-state index contributed by atoms with van der Waals surface area (Å²) in [7, 11) is 0. The molecule has 0 saturated carbocycles. The lowest BCUT2D eigenvalue weighted by molar-refractivity contribution is 0.0950. The van der Waals surface area contributed by atoms with Crippen molar-refractivity contribution in [2.75, 3.05) is 0 Å². The fraction of sp³-hybridized carbons (Fsp3) is 0.0625. The number of aromatic nitrogens is 2. The van der Waals surface area contributed by atoms with Crippen molar-refractivity contribution in [2.24, 2.45) is 5.10 Å². The molecule has 0 fully saturated rings. The van der Waals surface area contributed by atoms with Crippen LogP contribution in [0, 0.1) is 6.92 Å². The largest absolute Gasteiger partial charge is 0.460 e. The molecular formula is C16H12Cl2N4O2. The van der Waals surface area contributed by atoms with Crippen molar-refractivity contribution in [3.63, 3.8) is 0 Å². The maximum Gasteiger partial charge on any atom is 0.291 e. The number of aromatic amines is 1. The van der Waals surface area contributed by atoms with Gasteiger partial charge in [-0.1, -0.05) is 29.3 Å². The number of amides is 1. The van der Waals surface area contributed by atoms with Crippen molar-refractivity contribution in [1.82, 2.24) is 15.6 Å². The zero-order chi connectivity index (χ0) is 17.1. The Bertz CT molecular complexity index is 914. The maximum absolute atomic E-state index is 12.0. The Morgan fingerprint density at radius 1 is 1.29 bits per heavy atom. The van der Waals surface area contributed by atoms with E-state index in [9.17, 15) is 4.79 Å². The molecule has 0 unspecified atom stereocenters. The third kappa shape index (κ3) is 3.67. The summed E-state index contributed by atoms with van der Waals surface area (Å²) in [5, 5.41) is 11.5. The lowest BCUT2D eigenvalue weighted by Gasteiger charge is -1.98. The third-order valence-corrected chi connectivity index (χ3v) is 3.71. The van der Waals surface area contributed by atoms with E-state index in [0.29, 0.717) is 27.1 Å². The topological polar surface area (TPSA) is 83.3 Å². The highest BCUT2D eigenvalue weighted by Gasteiger charge is 2.12. The number of hydrazone groups is 1. The predicted octanol–water partition coefficient (Wildman–Crippen LogP) is 4.05. The van der Waals surface area contributed by atoms with Crippen LogP contribution >= 0.6 is 23.2 Å². The molecule has 0 spiro atoms. The molecule has 0 aliphatic heterocycles. The highest BCUT2D eigenvalue weighted by atomic mass is 35.5. The van der Waals surface area contributed by atoms with Crippen molar-refractivity contribution in [3.05, 3.63) is 63.5 Å². The molecule has 0 aliphatic rings. The van der Waals surface area contributed by atoms with Gasteiger partial charge in [-0.05, 0) is 31.2 Å². The van der Waals surface area contributed by atoms with Gasteiger partial charge < -0.3 is 4.42 Å². The number of furan rings is 1.